The van der Waals surface area contributed by atoms with E-state index >= 15 is 0 Å². The van der Waals surface area contributed by atoms with E-state index in [4.69, 9.17) is 19.4 Å². The number of anilines is 1. The largest absolute Gasteiger partial charge is 0.493 e. The molecule has 0 fully saturated rings. The van der Waals surface area contributed by atoms with Gasteiger partial charge in [0.2, 0.25) is 0 Å². The van der Waals surface area contributed by atoms with Crippen LogP contribution in [0, 0.1) is 5.92 Å². The van der Waals surface area contributed by atoms with Crippen molar-refractivity contribution in [3.8, 4) is 11.5 Å². The molecule has 2 aromatic heterocycles. The second kappa shape index (κ2) is 11.7. The molecule has 0 unspecified atom stereocenters. The van der Waals surface area contributed by atoms with Crippen molar-refractivity contribution in [3.05, 3.63) is 30.5 Å². The maximum absolute atomic E-state index is 12.2. The Labute approximate surface area is 198 Å². The Kier molecular flexibility index (Phi) is 8.76. The summed E-state index contributed by atoms with van der Waals surface area (Å²) in [7, 11) is 1.56. The van der Waals surface area contributed by atoms with Crippen molar-refractivity contribution in [1.82, 2.24) is 25.1 Å². The van der Waals surface area contributed by atoms with Crippen LogP contribution in [0.2, 0.25) is 0 Å². The molecule has 0 atom stereocenters. The van der Waals surface area contributed by atoms with Gasteiger partial charge < -0.3 is 20.1 Å². The van der Waals surface area contributed by atoms with Gasteiger partial charge in [-0.3, -0.25) is 4.79 Å². The fourth-order valence-electron chi connectivity index (χ4n) is 3.03. The smallest absolute Gasteiger partial charge is 0.258 e. The second-order valence-electron chi connectivity index (χ2n) is 8.19. The van der Waals surface area contributed by atoms with Crippen molar-refractivity contribution in [2.24, 2.45) is 5.92 Å². The van der Waals surface area contributed by atoms with E-state index < -0.39 is 0 Å². The molecule has 0 saturated carbocycles. The van der Waals surface area contributed by atoms with Crippen molar-refractivity contribution in [3.63, 3.8) is 0 Å². The van der Waals surface area contributed by atoms with E-state index in [-0.39, 0.29) is 12.5 Å². The van der Waals surface area contributed by atoms with Crippen LogP contribution in [-0.4, -0.2) is 57.7 Å². The Bertz CT molecular complexity index is 1070. The van der Waals surface area contributed by atoms with E-state index in [0.29, 0.717) is 40.9 Å². The van der Waals surface area contributed by atoms with Crippen molar-refractivity contribution in [2.75, 3.05) is 32.1 Å². The van der Waals surface area contributed by atoms with Gasteiger partial charge in [0.05, 0.1) is 25.2 Å². The zero-order chi connectivity index (χ0) is 23.8. The van der Waals surface area contributed by atoms with Crippen LogP contribution in [0.25, 0.3) is 11.0 Å². The molecule has 0 radical (unpaired) electrons. The van der Waals surface area contributed by atoms with E-state index in [1.807, 2.05) is 12.1 Å². The Morgan fingerprint density at radius 2 is 1.91 bits per heavy atom. The quantitative estimate of drug-likeness (QED) is 0.304. The van der Waals surface area contributed by atoms with Gasteiger partial charge in [0.15, 0.2) is 28.9 Å². The highest BCUT2D eigenvalue weighted by atomic mass is 32.2. The average Bonchev–Trinajstić information content (AvgIpc) is 3.18. The third-order valence-corrected chi connectivity index (χ3v) is 5.43. The molecule has 3 rings (SSSR count). The fourth-order valence-corrected chi connectivity index (χ4v) is 3.74. The fraction of sp³-hybridized carbons (Fsp3) is 0.478. The molecular weight excluding hydrogens is 440 g/mol. The van der Waals surface area contributed by atoms with Crippen LogP contribution in [0.3, 0.4) is 0 Å². The van der Waals surface area contributed by atoms with Gasteiger partial charge in [-0.2, -0.15) is 5.10 Å². The number of amides is 1. The number of hydrogen-bond donors (Lipinski definition) is 2. The lowest BCUT2D eigenvalue weighted by atomic mass is 10.2. The van der Waals surface area contributed by atoms with Gasteiger partial charge in [-0.25, -0.2) is 14.6 Å². The first-order chi connectivity index (χ1) is 15.9. The number of para-hydroxylation sites is 2. The minimum Gasteiger partial charge on any atom is -0.493 e. The number of aromatic nitrogens is 4. The topological polar surface area (TPSA) is 103 Å². The van der Waals surface area contributed by atoms with Crippen LogP contribution in [0.1, 0.15) is 27.7 Å². The van der Waals surface area contributed by atoms with E-state index in [0.717, 1.165) is 23.4 Å². The van der Waals surface area contributed by atoms with E-state index in [1.54, 1.807) is 41.9 Å². The van der Waals surface area contributed by atoms with E-state index in [1.165, 1.54) is 0 Å². The Hall–Kier alpha value is -3.01. The highest BCUT2D eigenvalue weighted by molar-refractivity contribution is 7.99. The van der Waals surface area contributed by atoms with Gasteiger partial charge in [-0.15, -0.1) is 0 Å². The van der Waals surface area contributed by atoms with Crippen molar-refractivity contribution in [2.45, 2.75) is 44.6 Å². The predicted octanol–water partition coefficient (Wildman–Crippen LogP) is 3.60. The minimum absolute atomic E-state index is 0.0964. The number of carbonyl (C=O) groups is 1. The zero-order valence-electron chi connectivity index (χ0n) is 19.8. The molecule has 1 aromatic carbocycles. The van der Waals surface area contributed by atoms with E-state index in [9.17, 15) is 4.79 Å². The molecule has 2 heterocycles. The monoisotopic (exact) mass is 472 g/mol. The summed E-state index contributed by atoms with van der Waals surface area (Å²) in [6, 6.07) is 7.22. The number of methoxy groups -OCH3 is 1. The lowest BCUT2D eigenvalue weighted by Crippen LogP contribution is -2.31. The zero-order valence-corrected chi connectivity index (χ0v) is 20.6. The summed E-state index contributed by atoms with van der Waals surface area (Å²) >= 11 is 1.61. The number of benzene rings is 1. The number of hydrogen-bond acceptors (Lipinski definition) is 8. The van der Waals surface area contributed by atoms with Gasteiger partial charge in [-0.05, 0) is 18.1 Å². The standard InChI is InChI=1S/C23H32N6O3S/c1-15(2)12-25-21-17-13-26-29(22(17)28-23(27-21)33-16(3)4)11-10-24-20(30)14-32-19-9-7-6-8-18(19)31-5/h6-9,13,15-16H,10-12,14H2,1-5H3,(H,24,30)(H,25,27,28). The number of thioether (sulfide) groups is 1. The van der Waals surface area contributed by atoms with Gasteiger partial charge in [-0.1, -0.05) is 51.6 Å². The van der Waals surface area contributed by atoms with E-state index in [2.05, 4.69) is 43.4 Å². The van der Waals surface area contributed by atoms with Crippen LogP contribution in [0.4, 0.5) is 5.82 Å². The van der Waals surface area contributed by atoms with Gasteiger partial charge in [0.1, 0.15) is 5.82 Å². The molecule has 3 aromatic rings. The number of fused-ring (bicyclic) bond motifs is 1. The SMILES string of the molecule is COc1ccccc1OCC(=O)NCCn1ncc2c(NCC(C)C)nc(SC(C)C)nc21. The van der Waals surface area contributed by atoms with Crippen LogP contribution < -0.4 is 20.1 Å². The third kappa shape index (κ3) is 6.98. The molecule has 9 nitrogen and oxygen atoms in total. The molecule has 1 amide bonds. The summed E-state index contributed by atoms with van der Waals surface area (Å²) < 4.78 is 12.6. The molecule has 0 aliphatic carbocycles. The molecule has 0 bridgehead atoms. The summed E-state index contributed by atoms with van der Waals surface area (Å²) in [5.74, 6) is 2.17. The van der Waals surface area contributed by atoms with Gasteiger partial charge >= 0.3 is 0 Å². The predicted molar refractivity (Wildman–Crippen MR) is 131 cm³/mol. The molecule has 0 aliphatic heterocycles. The number of ether oxygens (including phenoxy) is 2. The van der Waals surface area contributed by atoms with Crippen LogP contribution in [0.5, 0.6) is 11.5 Å². The van der Waals surface area contributed by atoms with Crippen LogP contribution in [-0.2, 0) is 11.3 Å². The summed E-state index contributed by atoms with van der Waals surface area (Å²) in [5.41, 5.74) is 0.749. The van der Waals surface area contributed by atoms with Crippen molar-refractivity contribution < 1.29 is 14.3 Å². The molecule has 0 saturated heterocycles. The van der Waals surface area contributed by atoms with Crippen molar-refractivity contribution in [1.29, 1.82) is 0 Å². The highest BCUT2D eigenvalue weighted by Gasteiger charge is 2.15. The summed E-state index contributed by atoms with van der Waals surface area (Å²) in [4.78, 5) is 21.7. The van der Waals surface area contributed by atoms with Gasteiger partial charge in [0.25, 0.3) is 5.91 Å². The number of carbonyl (C=O) groups excluding carboxylic acids is 1. The van der Waals surface area contributed by atoms with Crippen molar-refractivity contribution >= 4 is 34.5 Å². The molecule has 0 spiro atoms. The maximum atomic E-state index is 12.2. The normalized spacial score (nSPS) is 11.2. The summed E-state index contributed by atoms with van der Waals surface area (Å²) in [6.07, 6.45) is 1.77. The molecule has 178 valence electrons. The molecule has 2 N–H and O–H groups in total. The van der Waals surface area contributed by atoms with Crippen LogP contribution >= 0.6 is 11.8 Å². The molecule has 10 heteroatoms. The van der Waals surface area contributed by atoms with Crippen LogP contribution in [0.15, 0.2) is 35.6 Å². The minimum atomic E-state index is -0.220. The van der Waals surface area contributed by atoms with Gasteiger partial charge in [0, 0.05) is 18.3 Å². The number of nitrogens with one attached hydrogen (secondary N) is 2. The first kappa shape index (κ1) is 24.6. The summed E-state index contributed by atoms with van der Waals surface area (Å²) in [5, 5.41) is 12.7. The first-order valence-electron chi connectivity index (χ1n) is 11.0. The highest BCUT2D eigenvalue weighted by Crippen LogP contribution is 2.27. The Morgan fingerprint density at radius 3 is 2.61 bits per heavy atom. The Balaban J connectivity index is 1.63. The average molecular weight is 473 g/mol. The lowest BCUT2D eigenvalue weighted by molar-refractivity contribution is -0.123. The number of rotatable bonds is 12. The number of nitrogens with zero attached hydrogens (tertiary/aromatic N) is 4. The first-order valence-corrected chi connectivity index (χ1v) is 11.9. The second-order valence-corrected chi connectivity index (χ2v) is 9.73. The third-order valence-electron chi connectivity index (χ3n) is 4.57. The molecule has 0 aliphatic rings. The lowest BCUT2D eigenvalue weighted by Gasteiger charge is -2.12. The molecular formula is C23H32N6O3S. The Morgan fingerprint density at radius 1 is 1.15 bits per heavy atom. The maximum Gasteiger partial charge on any atom is 0.258 e. The summed E-state index contributed by atoms with van der Waals surface area (Å²) in [6.45, 7) is 10.1. The molecule has 33 heavy (non-hydrogen) atoms.